The van der Waals surface area contributed by atoms with Crippen LogP contribution in [-0.2, 0) is 4.74 Å². The Hall–Kier alpha value is -0.380. The molecule has 0 amide bonds. The monoisotopic (exact) mass is 271 g/mol. The summed E-state index contributed by atoms with van der Waals surface area (Å²) in [5.74, 6) is 0. The second kappa shape index (κ2) is 6.99. The molecule has 1 saturated heterocycles. The van der Waals surface area contributed by atoms with Crippen LogP contribution in [0.3, 0.4) is 0 Å². The Bertz CT molecular complexity index is 267. The standard InChI is InChI=1S/C7H7Br.C5H11NO/c1-6-3-2-4-7(8)5-6;1-5-4-7-3-2-6-5/h2-5H,1H3;5-6H,2-4H2,1H3. The van der Waals surface area contributed by atoms with E-state index in [4.69, 9.17) is 4.74 Å². The first-order valence-electron chi connectivity index (χ1n) is 5.22. The molecule has 0 saturated carbocycles. The largest absolute Gasteiger partial charge is 0.379 e. The van der Waals surface area contributed by atoms with Crippen LogP contribution in [0.1, 0.15) is 12.5 Å². The molecule has 2 nitrogen and oxygen atoms in total. The molecule has 1 aliphatic heterocycles. The Morgan fingerprint density at radius 3 is 2.60 bits per heavy atom. The van der Waals surface area contributed by atoms with Crippen molar-refractivity contribution in [1.29, 1.82) is 0 Å². The first-order chi connectivity index (χ1) is 7.18. The number of ether oxygens (including phenoxy) is 1. The van der Waals surface area contributed by atoms with Gasteiger partial charge < -0.3 is 10.1 Å². The lowest BCUT2D eigenvalue weighted by molar-refractivity contribution is 0.0824. The van der Waals surface area contributed by atoms with E-state index in [1.54, 1.807) is 0 Å². The summed E-state index contributed by atoms with van der Waals surface area (Å²) in [6.07, 6.45) is 0. The third-order valence-electron chi connectivity index (χ3n) is 2.09. The van der Waals surface area contributed by atoms with E-state index in [9.17, 15) is 0 Å². The SMILES string of the molecule is CC1COCCN1.Cc1cccc(Br)c1. The predicted octanol–water partition coefficient (Wildman–Crippen LogP) is 2.75. The molecular weight excluding hydrogens is 254 g/mol. The van der Waals surface area contributed by atoms with Crippen molar-refractivity contribution in [1.82, 2.24) is 5.32 Å². The summed E-state index contributed by atoms with van der Waals surface area (Å²) < 4.78 is 6.27. The Morgan fingerprint density at radius 2 is 2.27 bits per heavy atom. The molecule has 1 atom stereocenters. The average Bonchev–Trinajstić information content (AvgIpc) is 2.19. The highest BCUT2D eigenvalue weighted by Crippen LogP contribution is 2.09. The third kappa shape index (κ3) is 5.92. The van der Waals surface area contributed by atoms with Gasteiger partial charge >= 0.3 is 0 Å². The van der Waals surface area contributed by atoms with Gasteiger partial charge in [0.1, 0.15) is 0 Å². The molecule has 0 bridgehead atoms. The maximum atomic E-state index is 5.12. The number of aryl methyl sites for hydroxylation is 1. The van der Waals surface area contributed by atoms with Gasteiger partial charge in [0.15, 0.2) is 0 Å². The molecule has 1 aromatic carbocycles. The minimum atomic E-state index is 0.564. The van der Waals surface area contributed by atoms with Gasteiger partial charge in [0.05, 0.1) is 13.2 Å². The van der Waals surface area contributed by atoms with Gasteiger partial charge in [0, 0.05) is 17.1 Å². The van der Waals surface area contributed by atoms with Gasteiger partial charge in [-0.3, -0.25) is 0 Å². The summed E-state index contributed by atoms with van der Waals surface area (Å²) >= 11 is 3.36. The molecule has 1 aliphatic rings. The maximum Gasteiger partial charge on any atom is 0.0617 e. The van der Waals surface area contributed by atoms with Crippen molar-refractivity contribution in [3.8, 4) is 0 Å². The normalized spacial score (nSPS) is 20.3. The van der Waals surface area contributed by atoms with Crippen molar-refractivity contribution in [3.05, 3.63) is 34.3 Å². The van der Waals surface area contributed by atoms with Crippen molar-refractivity contribution in [2.75, 3.05) is 19.8 Å². The number of hydrogen-bond acceptors (Lipinski definition) is 2. The minimum Gasteiger partial charge on any atom is -0.379 e. The van der Waals surface area contributed by atoms with Gasteiger partial charge in [-0.15, -0.1) is 0 Å². The molecule has 0 aromatic heterocycles. The smallest absolute Gasteiger partial charge is 0.0617 e. The molecule has 0 aliphatic carbocycles. The number of benzene rings is 1. The highest BCUT2D eigenvalue weighted by Gasteiger charge is 2.04. The topological polar surface area (TPSA) is 21.3 Å². The van der Waals surface area contributed by atoms with Crippen LogP contribution in [0.15, 0.2) is 28.7 Å². The number of morpholine rings is 1. The van der Waals surface area contributed by atoms with Crippen molar-refractivity contribution in [3.63, 3.8) is 0 Å². The van der Waals surface area contributed by atoms with Crippen molar-refractivity contribution in [2.24, 2.45) is 0 Å². The van der Waals surface area contributed by atoms with E-state index in [0.29, 0.717) is 6.04 Å². The lowest BCUT2D eigenvalue weighted by atomic mass is 10.2. The summed E-state index contributed by atoms with van der Waals surface area (Å²) in [6.45, 7) is 6.97. The summed E-state index contributed by atoms with van der Waals surface area (Å²) in [4.78, 5) is 0. The van der Waals surface area contributed by atoms with E-state index in [2.05, 4.69) is 47.2 Å². The second-order valence-corrected chi connectivity index (χ2v) is 4.64. The molecule has 15 heavy (non-hydrogen) atoms. The van der Waals surface area contributed by atoms with Crippen LogP contribution in [0.25, 0.3) is 0 Å². The Balaban J connectivity index is 0.000000151. The fourth-order valence-electron chi connectivity index (χ4n) is 1.30. The summed E-state index contributed by atoms with van der Waals surface area (Å²) in [7, 11) is 0. The van der Waals surface area contributed by atoms with E-state index in [1.807, 2.05) is 12.1 Å². The number of nitrogens with one attached hydrogen (secondary N) is 1. The van der Waals surface area contributed by atoms with E-state index >= 15 is 0 Å². The zero-order chi connectivity index (χ0) is 11.1. The van der Waals surface area contributed by atoms with Crippen LogP contribution in [0.5, 0.6) is 0 Å². The van der Waals surface area contributed by atoms with Crippen LogP contribution >= 0.6 is 15.9 Å². The predicted molar refractivity (Wildman–Crippen MR) is 67.2 cm³/mol. The molecule has 1 unspecified atom stereocenters. The lowest BCUT2D eigenvalue weighted by Gasteiger charge is -2.19. The van der Waals surface area contributed by atoms with E-state index in [1.165, 1.54) is 5.56 Å². The summed E-state index contributed by atoms with van der Waals surface area (Å²) in [5.41, 5.74) is 1.29. The zero-order valence-electron chi connectivity index (χ0n) is 9.29. The molecule has 1 heterocycles. The molecule has 1 N–H and O–H groups in total. The van der Waals surface area contributed by atoms with Crippen LogP contribution in [0.4, 0.5) is 0 Å². The van der Waals surface area contributed by atoms with Gasteiger partial charge in [-0.05, 0) is 26.0 Å². The van der Waals surface area contributed by atoms with Gasteiger partial charge in [0.25, 0.3) is 0 Å². The highest BCUT2D eigenvalue weighted by molar-refractivity contribution is 9.10. The second-order valence-electron chi connectivity index (χ2n) is 3.73. The third-order valence-corrected chi connectivity index (χ3v) is 2.58. The Labute approximate surface area is 100 Å². The highest BCUT2D eigenvalue weighted by atomic mass is 79.9. The molecule has 84 valence electrons. The van der Waals surface area contributed by atoms with E-state index in [0.717, 1.165) is 24.2 Å². The quantitative estimate of drug-likeness (QED) is 0.784. The van der Waals surface area contributed by atoms with Crippen molar-refractivity contribution < 1.29 is 4.74 Å². The average molecular weight is 272 g/mol. The molecule has 1 aromatic rings. The number of hydrogen-bond donors (Lipinski definition) is 1. The maximum absolute atomic E-state index is 5.12. The number of rotatable bonds is 0. The van der Waals surface area contributed by atoms with Gasteiger partial charge in [-0.1, -0.05) is 33.6 Å². The van der Waals surface area contributed by atoms with Crippen LogP contribution in [-0.4, -0.2) is 25.8 Å². The molecule has 0 spiro atoms. The van der Waals surface area contributed by atoms with E-state index in [-0.39, 0.29) is 0 Å². The van der Waals surface area contributed by atoms with Crippen LogP contribution in [0.2, 0.25) is 0 Å². The van der Waals surface area contributed by atoms with Crippen LogP contribution in [0, 0.1) is 6.92 Å². The molecule has 0 radical (unpaired) electrons. The summed E-state index contributed by atoms with van der Waals surface area (Å²) in [6, 6.07) is 8.77. The van der Waals surface area contributed by atoms with Crippen molar-refractivity contribution in [2.45, 2.75) is 19.9 Å². The van der Waals surface area contributed by atoms with Gasteiger partial charge in [-0.2, -0.15) is 0 Å². The minimum absolute atomic E-state index is 0.564. The first-order valence-corrected chi connectivity index (χ1v) is 6.01. The lowest BCUT2D eigenvalue weighted by Crippen LogP contribution is -2.38. The Kier molecular flexibility index (Phi) is 5.91. The Morgan fingerprint density at radius 1 is 1.47 bits per heavy atom. The fourth-order valence-corrected chi connectivity index (χ4v) is 1.82. The molecule has 1 fully saturated rings. The molecule has 3 heteroatoms. The van der Waals surface area contributed by atoms with Crippen LogP contribution < -0.4 is 5.32 Å². The molecular formula is C12H18BrNO. The number of halogens is 1. The van der Waals surface area contributed by atoms with Crippen molar-refractivity contribution >= 4 is 15.9 Å². The zero-order valence-corrected chi connectivity index (χ0v) is 10.9. The fraction of sp³-hybridized carbons (Fsp3) is 0.500. The molecule has 2 rings (SSSR count). The summed E-state index contributed by atoms with van der Waals surface area (Å²) in [5, 5.41) is 3.26. The van der Waals surface area contributed by atoms with Gasteiger partial charge in [-0.25, -0.2) is 0 Å². The van der Waals surface area contributed by atoms with Gasteiger partial charge in [0.2, 0.25) is 0 Å². The first kappa shape index (κ1) is 12.7. The van der Waals surface area contributed by atoms with E-state index < -0.39 is 0 Å².